The number of benzene rings is 2. The van der Waals surface area contributed by atoms with E-state index in [1.54, 1.807) is 12.1 Å². The molecule has 3 aromatic rings. The Morgan fingerprint density at radius 1 is 1.19 bits per heavy atom. The van der Waals surface area contributed by atoms with Gasteiger partial charge in [-0.1, -0.05) is 29.4 Å². The van der Waals surface area contributed by atoms with Crippen LogP contribution in [-0.2, 0) is 12.2 Å². The molecule has 0 saturated heterocycles. The molecular weight excluding hydrogens is 410 g/mol. The Hall–Kier alpha value is -1.83. The van der Waals surface area contributed by atoms with Crippen LogP contribution in [0.1, 0.15) is 11.3 Å². The third kappa shape index (κ3) is 3.63. The zero-order valence-electron chi connectivity index (χ0n) is 13.9. The highest BCUT2D eigenvalue weighted by molar-refractivity contribution is 7.99. The first-order valence-electron chi connectivity index (χ1n) is 8.15. The quantitative estimate of drug-likeness (QED) is 0.432. The topological polar surface area (TPSA) is 34.9 Å². The lowest BCUT2D eigenvalue weighted by molar-refractivity contribution is 0.617. The Bertz CT molecular complexity index is 1050. The first-order valence-corrected chi connectivity index (χ1v) is 10.5. The molecule has 2 heterocycles. The van der Waals surface area contributed by atoms with Crippen molar-refractivity contribution < 1.29 is 8.78 Å². The number of halogens is 3. The van der Waals surface area contributed by atoms with E-state index in [2.05, 4.69) is 4.98 Å². The molecule has 0 aliphatic carbocycles. The van der Waals surface area contributed by atoms with Gasteiger partial charge in [-0.05, 0) is 36.4 Å². The largest absolute Gasteiger partial charge is 0.272 e. The highest BCUT2D eigenvalue weighted by Gasteiger charge is 2.23. The standard InChI is InChI=1S/C19H13ClF2N2OS2/c20-14-2-1-3-15(22)13(14)10-27-19-23-16-8-9-26-17(16)18(25)24(19)12-6-4-11(21)5-7-12/h1-7H,8-10H2. The zero-order chi connectivity index (χ0) is 19.0. The van der Waals surface area contributed by atoms with Gasteiger partial charge < -0.3 is 0 Å². The number of rotatable bonds is 4. The smallest absolute Gasteiger partial charge is 0.268 e. The van der Waals surface area contributed by atoms with Gasteiger partial charge >= 0.3 is 0 Å². The Morgan fingerprint density at radius 3 is 2.70 bits per heavy atom. The molecular formula is C19H13ClF2N2OS2. The van der Waals surface area contributed by atoms with Gasteiger partial charge in [0.25, 0.3) is 5.56 Å². The highest BCUT2D eigenvalue weighted by Crippen LogP contribution is 2.32. The fourth-order valence-electron chi connectivity index (χ4n) is 2.81. The van der Waals surface area contributed by atoms with Crippen LogP contribution in [0.5, 0.6) is 0 Å². The van der Waals surface area contributed by atoms with Crippen molar-refractivity contribution in [2.24, 2.45) is 0 Å². The summed E-state index contributed by atoms with van der Waals surface area (Å²) in [6.07, 6.45) is 0.716. The van der Waals surface area contributed by atoms with Crippen molar-refractivity contribution in [3.63, 3.8) is 0 Å². The van der Waals surface area contributed by atoms with E-state index in [4.69, 9.17) is 11.6 Å². The van der Waals surface area contributed by atoms with E-state index >= 15 is 0 Å². The average Bonchev–Trinajstić information content (AvgIpc) is 3.11. The van der Waals surface area contributed by atoms with Crippen molar-refractivity contribution >= 4 is 35.1 Å². The molecule has 1 aliphatic heterocycles. The van der Waals surface area contributed by atoms with Crippen LogP contribution in [0.3, 0.4) is 0 Å². The minimum atomic E-state index is -0.401. The van der Waals surface area contributed by atoms with Gasteiger partial charge in [-0.3, -0.25) is 9.36 Å². The van der Waals surface area contributed by atoms with Crippen LogP contribution in [0, 0.1) is 11.6 Å². The van der Waals surface area contributed by atoms with Crippen molar-refractivity contribution in [2.75, 3.05) is 5.75 Å². The third-order valence-corrected chi connectivity index (χ3v) is 6.59. The molecule has 0 unspecified atom stereocenters. The summed E-state index contributed by atoms with van der Waals surface area (Å²) in [5, 5.41) is 0.766. The number of hydrogen-bond acceptors (Lipinski definition) is 4. The number of nitrogens with zero attached hydrogens (tertiary/aromatic N) is 2. The van der Waals surface area contributed by atoms with Gasteiger partial charge in [-0.15, -0.1) is 11.8 Å². The molecule has 4 rings (SSSR count). The van der Waals surface area contributed by atoms with Crippen molar-refractivity contribution in [2.45, 2.75) is 22.2 Å². The predicted molar refractivity (Wildman–Crippen MR) is 105 cm³/mol. The number of fused-ring (bicyclic) bond motifs is 1. The molecule has 0 saturated carbocycles. The van der Waals surface area contributed by atoms with Crippen LogP contribution in [0.25, 0.3) is 5.69 Å². The van der Waals surface area contributed by atoms with Gasteiger partial charge in [0.05, 0.1) is 16.3 Å². The molecule has 2 aromatic carbocycles. The second-order valence-corrected chi connectivity index (χ2v) is 8.33. The van der Waals surface area contributed by atoms with Crippen LogP contribution in [0.4, 0.5) is 8.78 Å². The highest BCUT2D eigenvalue weighted by atomic mass is 35.5. The Kier molecular flexibility index (Phi) is 5.25. The fraction of sp³-hybridized carbons (Fsp3) is 0.158. The summed E-state index contributed by atoms with van der Waals surface area (Å²) in [5.41, 5.74) is 1.45. The lowest BCUT2D eigenvalue weighted by Gasteiger charge is -2.14. The van der Waals surface area contributed by atoms with E-state index in [1.165, 1.54) is 58.4 Å². The molecule has 0 fully saturated rings. The number of thioether (sulfide) groups is 2. The summed E-state index contributed by atoms with van der Waals surface area (Å²) in [7, 11) is 0. The second-order valence-electron chi connectivity index (χ2n) is 5.87. The Balaban J connectivity index is 1.78. The molecule has 1 aliphatic rings. The molecule has 3 nitrogen and oxygen atoms in total. The normalized spacial score (nSPS) is 13.0. The molecule has 0 N–H and O–H groups in total. The van der Waals surface area contributed by atoms with Crippen molar-refractivity contribution in [1.82, 2.24) is 9.55 Å². The van der Waals surface area contributed by atoms with Crippen molar-refractivity contribution in [1.29, 1.82) is 0 Å². The van der Waals surface area contributed by atoms with Crippen LogP contribution >= 0.6 is 35.1 Å². The summed E-state index contributed by atoms with van der Waals surface area (Å²) in [6, 6.07) is 10.2. The molecule has 1 aromatic heterocycles. The zero-order valence-corrected chi connectivity index (χ0v) is 16.3. The van der Waals surface area contributed by atoms with E-state index in [-0.39, 0.29) is 17.1 Å². The number of aromatic nitrogens is 2. The Morgan fingerprint density at radius 2 is 1.96 bits per heavy atom. The van der Waals surface area contributed by atoms with E-state index in [0.29, 0.717) is 32.7 Å². The molecule has 8 heteroatoms. The first kappa shape index (κ1) is 18.5. The maximum Gasteiger partial charge on any atom is 0.272 e. The number of aryl methyl sites for hydroxylation is 1. The molecule has 0 spiro atoms. The van der Waals surface area contributed by atoms with Gasteiger partial charge in [0.2, 0.25) is 0 Å². The lowest BCUT2D eigenvalue weighted by Crippen LogP contribution is -2.23. The van der Waals surface area contributed by atoms with Crippen LogP contribution in [-0.4, -0.2) is 15.3 Å². The van der Waals surface area contributed by atoms with Crippen molar-refractivity contribution in [3.8, 4) is 5.69 Å². The van der Waals surface area contributed by atoms with Gasteiger partial charge in [-0.2, -0.15) is 0 Å². The monoisotopic (exact) mass is 422 g/mol. The molecule has 27 heavy (non-hydrogen) atoms. The summed E-state index contributed by atoms with van der Waals surface area (Å²) in [5.74, 6) is 0.240. The molecule has 138 valence electrons. The van der Waals surface area contributed by atoms with Crippen LogP contribution in [0.2, 0.25) is 5.02 Å². The van der Waals surface area contributed by atoms with Gasteiger partial charge in [0.1, 0.15) is 11.6 Å². The van der Waals surface area contributed by atoms with Crippen LogP contribution in [0.15, 0.2) is 57.3 Å². The minimum Gasteiger partial charge on any atom is -0.268 e. The second kappa shape index (κ2) is 7.66. The summed E-state index contributed by atoms with van der Waals surface area (Å²) in [4.78, 5) is 18.3. The summed E-state index contributed by atoms with van der Waals surface area (Å²) >= 11 is 8.81. The predicted octanol–water partition coefficient (Wildman–Crippen LogP) is 5.10. The van der Waals surface area contributed by atoms with E-state index in [1.807, 2.05) is 0 Å². The fourth-order valence-corrected chi connectivity index (χ4v) is 5.21. The minimum absolute atomic E-state index is 0.184. The first-order chi connectivity index (χ1) is 13.0. The Labute approximate surface area is 167 Å². The number of hydrogen-bond donors (Lipinski definition) is 0. The van der Waals surface area contributed by atoms with Crippen LogP contribution < -0.4 is 5.56 Å². The molecule has 0 amide bonds. The van der Waals surface area contributed by atoms with Crippen molar-refractivity contribution in [3.05, 3.63) is 80.7 Å². The SMILES string of the molecule is O=c1c2c(nc(SCc3c(F)cccc3Cl)n1-c1ccc(F)cc1)CCS2. The molecule has 0 atom stereocenters. The van der Waals surface area contributed by atoms with E-state index in [9.17, 15) is 13.6 Å². The molecule has 0 bridgehead atoms. The molecule has 0 radical (unpaired) electrons. The van der Waals surface area contributed by atoms with Gasteiger partial charge in [0.15, 0.2) is 5.16 Å². The van der Waals surface area contributed by atoms with E-state index in [0.717, 1.165) is 11.4 Å². The van der Waals surface area contributed by atoms with Gasteiger partial charge in [-0.25, -0.2) is 13.8 Å². The van der Waals surface area contributed by atoms with E-state index < -0.39 is 5.82 Å². The lowest BCUT2D eigenvalue weighted by atomic mass is 10.2. The summed E-state index contributed by atoms with van der Waals surface area (Å²) < 4.78 is 28.9. The third-order valence-electron chi connectivity index (χ3n) is 4.16. The summed E-state index contributed by atoms with van der Waals surface area (Å²) in [6.45, 7) is 0. The maximum absolute atomic E-state index is 14.1. The average molecular weight is 423 g/mol. The van der Waals surface area contributed by atoms with Gasteiger partial charge in [0, 0.05) is 28.5 Å². The maximum atomic E-state index is 14.1.